The number of allylic oxidation sites excluding steroid dienone is 1. The molecule has 0 aliphatic rings. The Morgan fingerprint density at radius 2 is 1.28 bits per heavy atom. The lowest BCUT2D eigenvalue weighted by Crippen LogP contribution is -2.27. The first-order valence-corrected chi connectivity index (χ1v) is 16.1. The first-order chi connectivity index (χ1) is 23.0. The van der Waals surface area contributed by atoms with Gasteiger partial charge in [-0.1, -0.05) is 157 Å². The quantitative estimate of drug-likeness (QED) is 0.0954. The summed E-state index contributed by atoms with van der Waals surface area (Å²) in [5, 5.41) is 8.22. The molecule has 5 N–H and O–H groups in total. The van der Waals surface area contributed by atoms with Gasteiger partial charge in [0.1, 0.15) is 6.17 Å². The van der Waals surface area contributed by atoms with Crippen molar-refractivity contribution in [3.8, 4) is 11.1 Å². The standard InChI is InChI=1S/C37H33N3.C7H8/c1-25-15-17-28-18-19-31-23-30(20-21-33(31)35(28)36(25)38)29-13-8-14-32(24-29)37(39)40-34(27-11-6-3-7-12-27)22-16-26-9-4-2-5-10-26;1-7-5-3-2-4-6-7/h2-15,17-24,37,40H,16,38-39H2,1H3;2-6H,1H3/b34-22-;. The van der Waals surface area contributed by atoms with Gasteiger partial charge in [-0.15, -0.1) is 0 Å². The van der Waals surface area contributed by atoms with E-state index in [1.165, 1.54) is 21.9 Å². The van der Waals surface area contributed by atoms with Crippen LogP contribution in [0, 0.1) is 13.8 Å². The van der Waals surface area contributed by atoms with Gasteiger partial charge < -0.3 is 16.8 Å². The second-order valence-corrected chi connectivity index (χ2v) is 12.0. The second kappa shape index (κ2) is 14.6. The number of fused-ring (bicyclic) bond motifs is 3. The van der Waals surface area contributed by atoms with Crippen molar-refractivity contribution in [1.29, 1.82) is 0 Å². The minimum atomic E-state index is -0.366. The van der Waals surface area contributed by atoms with Crippen LogP contribution in [0.3, 0.4) is 0 Å². The Morgan fingerprint density at radius 1 is 0.638 bits per heavy atom. The van der Waals surface area contributed by atoms with Crippen LogP contribution in [0.15, 0.2) is 164 Å². The van der Waals surface area contributed by atoms with E-state index in [0.717, 1.165) is 56.4 Å². The van der Waals surface area contributed by atoms with E-state index in [-0.39, 0.29) is 6.17 Å². The number of nitrogens with two attached hydrogens (primary N) is 2. The predicted octanol–water partition coefficient (Wildman–Crippen LogP) is 10.4. The van der Waals surface area contributed by atoms with Gasteiger partial charge in [-0.3, -0.25) is 0 Å². The Hall–Kier alpha value is -5.64. The zero-order valence-electron chi connectivity index (χ0n) is 27.0. The van der Waals surface area contributed by atoms with Gasteiger partial charge in [0, 0.05) is 16.8 Å². The average Bonchev–Trinajstić information content (AvgIpc) is 3.12. The van der Waals surface area contributed by atoms with Gasteiger partial charge in [-0.2, -0.15) is 0 Å². The molecule has 0 aliphatic heterocycles. The Labute approximate surface area is 278 Å². The van der Waals surface area contributed by atoms with E-state index >= 15 is 0 Å². The van der Waals surface area contributed by atoms with Gasteiger partial charge >= 0.3 is 0 Å². The summed E-state index contributed by atoms with van der Waals surface area (Å²) in [4.78, 5) is 0. The molecule has 1 unspecified atom stereocenters. The van der Waals surface area contributed by atoms with Gasteiger partial charge in [-0.05, 0) is 81.9 Å². The topological polar surface area (TPSA) is 64.1 Å². The van der Waals surface area contributed by atoms with Crippen LogP contribution in [0.25, 0.3) is 38.4 Å². The van der Waals surface area contributed by atoms with Crippen molar-refractivity contribution in [2.45, 2.75) is 26.4 Å². The average molecular weight is 612 g/mol. The second-order valence-electron chi connectivity index (χ2n) is 12.0. The summed E-state index contributed by atoms with van der Waals surface area (Å²) in [7, 11) is 0. The van der Waals surface area contributed by atoms with Gasteiger partial charge in [-0.25, -0.2) is 0 Å². The lowest BCUT2D eigenvalue weighted by Gasteiger charge is -2.20. The number of nitrogen functional groups attached to an aromatic ring is 1. The molecule has 232 valence electrons. The Kier molecular flexibility index (Phi) is 9.76. The molecule has 0 aliphatic carbocycles. The highest BCUT2D eigenvalue weighted by atomic mass is 15.0. The summed E-state index contributed by atoms with van der Waals surface area (Å²) in [6, 6.07) is 54.7. The molecule has 7 aromatic carbocycles. The van der Waals surface area contributed by atoms with Crippen LogP contribution in [0.4, 0.5) is 5.69 Å². The van der Waals surface area contributed by atoms with Gasteiger partial charge in [0.25, 0.3) is 0 Å². The van der Waals surface area contributed by atoms with Crippen molar-refractivity contribution >= 4 is 32.9 Å². The molecule has 0 radical (unpaired) electrons. The van der Waals surface area contributed by atoms with Crippen molar-refractivity contribution in [2.75, 3.05) is 5.73 Å². The molecule has 0 amide bonds. The van der Waals surface area contributed by atoms with E-state index in [1.807, 2.05) is 30.3 Å². The SMILES string of the molecule is Cc1ccc2ccc3cc(-c4cccc(C(N)N/C(=C\Cc5ccccc5)c5ccccc5)c4)ccc3c2c1N.Cc1ccccc1. The monoisotopic (exact) mass is 611 g/mol. The van der Waals surface area contributed by atoms with Crippen LogP contribution in [-0.2, 0) is 6.42 Å². The molecule has 0 saturated carbocycles. The van der Waals surface area contributed by atoms with E-state index < -0.39 is 0 Å². The highest BCUT2D eigenvalue weighted by Gasteiger charge is 2.12. The van der Waals surface area contributed by atoms with Crippen LogP contribution < -0.4 is 16.8 Å². The number of rotatable bonds is 7. The van der Waals surface area contributed by atoms with Crippen LogP contribution >= 0.6 is 0 Å². The summed E-state index contributed by atoms with van der Waals surface area (Å²) in [6.07, 6.45) is 2.67. The third-order valence-corrected chi connectivity index (χ3v) is 8.56. The number of benzene rings is 7. The number of nitrogens with one attached hydrogen (secondary N) is 1. The third kappa shape index (κ3) is 7.61. The van der Waals surface area contributed by atoms with E-state index in [9.17, 15) is 0 Å². The molecule has 0 heterocycles. The molecule has 47 heavy (non-hydrogen) atoms. The summed E-state index contributed by atoms with van der Waals surface area (Å²) in [5.74, 6) is 0. The minimum Gasteiger partial charge on any atom is -0.398 e. The van der Waals surface area contributed by atoms with Crippen molar-refractivity contribution < 1.29 is 0 Å². The van der Waals surface area contributed by atoms with Crippen molar-refractivity contribution in [1.82, 2.24) is 5.32 Å². The Morgan fingerprint density at radius 3 is 1.98 bits per heavy atom. The molecule has 0 fully saturated rings. The van der Waals surface area contributed by atoms with Crippen molar-refractivity contribution in [3.05, 3.63) is 192 Å². The third-order valence-electron chi connectivity index (χ3n) is 8.56. The fraction of sp³-hybridized carbons (Fsp3) is 0.0909. The van der Waals surface area contributed by atoms with Crippen LogP contribution in [0.5, 0.6) is 0 Å². The zero-order valence-corrected chi connectivity index (χ0v) is 27.0. The van der Waals surface area contributed by atoms with Gasteiger partial charge in [0.15, 0.2) is 0 Å². The minimum absolute atomic E-state index is 0.366. The lowest BCUT2D eigenvalue weighted by molar-refractivity contribution is 0.666. The zero-order chi connectivity index (χ0) is 32.6. The van der Waals surface area contributed by atoms with E-state index in [0.29, 0.717) is 0 Å². The summed E-state index contributed by atoms with van der Waals surface area (Å²) < 4.78 is 0. The van der Waals surface area contributed by atoms with Crippen molar-refractivity contribution in [2.24, 2.45) is 5.73 Å². The van der Waals surface area contributed by atoms with E-state index in [2.05, 4.69) is 153 Å². The Balaban J connectivity index is 0.000000491. The predicted molar refractivity (Wildman–Crippen MR) is 202 cm³/mol. The van der Waals surface area contributed by atoms with Crippen LogP contribution in [-0.4, -0.2) is 0 Å². The summed E-state index contributed by atoms with van der Waals surface area (Å²) in [5.41, 5.74) is 23.2. The number of aryl methyl sites for hydroxylation is 2. The number of hydrogen-bond donors (Lipinski definition) is 3. The first-order valence-electron chi connectivity index (χ1n) is 16.1. The van der Waals surface area contributed by atoms with Gasteiger partial charge in [0.05, 0.1) is 0 Å². The maximum absolute atomic E-state index is 6.77. The fourth-order valence-electron chi connectivity index (χ4n) is 5.88. The normalized spacial score (nSPS) is 11.9. The number of anilines is 1. The largest absolute Gasteiger partial charge is 0.398 e. The highest BCUT2D eigenvalue weighted by Crippen LogP contribution is 2.34. The van der Waals surface area contributed by atoms with Crippen LogP contribution in [0.1, 0.15) is 34.0 Å². The van der Waals surface area contributed by atoms with Gasteiger partial charge in [0.2, 0.25) is 0 Å². The van der Waals surface area contributed by atoms with Crippen molar-refractivity contribution in [3.63, 3.8) is 0 Å². The fourth-order valence-corrected chi connectivity index (χ4v) is 5.88. The molecular formula is C44H41N3. The molecule has 7 rings (SSSR count). The smallest absolute Gasteiger partial charge is 0.101 e. The van der Waals surface area contributed by atoms with E-state index in [1.54, 1.807) is 0 Å². The lowest BCUT2D eigenvalue weighted by atomic mass is 9.94. The summed E-state index contributed by atoms with van der Waals surface area (Å²) in [6.45, 7) is 4.14. The molecule has 7 aromatic rings. The maximum Gasteiger partial charge on any atom is 0.101 e. The first kappa shape index (κ1) is 31.3. The molecule has 0 saturated heterocycles. The molecule has 0 spiro atoms. The maximum atomic E-state index is 6.77. The molecule has 3 heteroatoms. The Bertz CT molecular complexity index is 2120. The molecule has 3 nitrogen and oxygen atoms in total. The van der Waals surface area contributed by atoms with Crippen LogP contribution in [0.2, 0.25) is 0 Å². The highest BCUT2D eigenvalue weighted by molar-refractivity contribution is 6.14. The number of hydrogen-bond acceptors (Lipinski definition) is 3. The molecule has 0 aromatic heterocycles. The molecule has 0 bridgehead atoms. The molecule has 1 atom stereocenters. The van der Waals surface area contributed by atoms with E-state index in [4.69, 9.17) is 11.5 Å². The molecular weight excluding hydrogens is 571 g/mol. The summed E-state index contributed by atoms with van der Waals surface area (Å²) >= 11 is 0.